The Balaban J connectivity index is 2.20. The van der Waals surface area contributed by atoms with Crippen LogP contribution in [0, 0.1) is 0 Å². The van der Waals surface area contributed by atoms with Crippen LogP contribution in [0.2, 0.25) is 0 Å². The number of rotatable bonds is 16. The number of imidazole rings is 1. The Morgan fingerprint density at radius 1 is 0.949 bits per heavy atom. The number of nitrogens with one attached hydrogen (secondary N) is 4. The van der Waals surface area contributed by atoms with Gasteiger partial charge in [0.15, 0.2) is 5.96 Å². The van der Waals surface area contributed by atoms with Crippen molar-refractivity contribution in [2.75, 3.05) is 13.2 Å². The summed E-state index contributed by atoms with van der Waals surface area (Å²) in [6.45, 7) is -0.655. The molecule has 0 saturated carbocycles. The van der Waals surface area contributed by atoms with E-state index in [-0.39, 0.29) is 31.8 Å². The van der Waals surface area contributed by atoms with Gasteiger partial charge in [-0.05, 0) is 18.4 Å². The molecule has 2 aromatic rings. The summed E-state index contributed by atoms with van der Waals surface area (Å²) in [6.07, 6.45) is 3.56. The zero-order chi connectivity index (χ0) is 28.8. The number of guanidine groups is 1. The number of nitrogens with zero attached hydrogens (tertiary/aromatic N) is 2. The molecular weight excluding hydrogens is 510 g/mol. The van der Waals surface area contributed by atoms with Gasteiger partial charge in [-0.1, -0.05) is 30.3 Å². The number of aliphatic imine (C=N–C) groups is 1. The predicted octanol–water partition coefficient (Wildman–Crippen LogP) is -2.89. The number of aromatic nitrogens is 2. The number of carboxylic acid groups (broad SMARTS) is 1. The van der Waals surface area contributed by atoms with Gasteiger partial charge < -0.3 is 48.3 Å². The molecule has 1 aromatic heterocycles. The van der Waals surface area contributed by atoms with E-state index >= 15 is 0 Å². The number of carbonyl (C=O) groups excluding carboxylic acids is 3. The van der Waals surface area contributed by atoms with Crippen LogP contribution in [0.3, 0.4) is 0 Å². The fourth-order valence-corrected chi connectivity index (χ4v) is 3.57. The molecule has 4 unspecified atom stereocenters. The topological polar surface area (TPSA) is 264 Å². The van der Waals surface area contributed by atoms with Gasteiger partial charge in [0, 0.05) is 31.3 Å². The van der Waals surface area contributed by atoms with Gasteiger partial charge in [-0.3, -0.25) is 19.4 Å². The summed E-state index contributed by atoms with van der Waals surface area (Å²) in [7, 11) is 0. The van der Waals surface area contributed by atoms with Gasteiger partial charge in [0.05, 0.1) is 19.0 Å². The van der Waals surface area contributed by atoms with E-state index in [0.29, 0.717) is 17.7 Å². The number of carboxylic acids is 1. The second-order valence-electron chi connectivity index (χ2n) is 8.73. The molecule has 1 heterocycles. The number of amides is 3. The number of nitrogens with two attached hydrogens (primary N) is 3. The van der Waals surface area contributed by atoms with Crippen LogP contribution < -0.4 is 33.2 Å². The molecule has 0 aliphatic carbocycles. The normalized spacial score (nSPS) is 13.8. The highest BCUT2D eigenvalue weighted by Gasteiger charge is 2.30. The second kappa shape index (κ2) is 15.7. The number of hydrogen-bond donors (Lipinski definition) is 9. The first-order chi connectivity index (χ1) is 18.6. The van der Waals surface area contributed by atoms with E-state index in [9.17, 15) is 29.4 Å². The molecule has 15 heteroatoms. The molecule has 0 aliphatic rings. The molecule has 0 radical (unpaired) electrons. The molecule has 39 heavy (non-hydrogen) atoms. The Morgan fingerprint density at radius 3 is 2.18 bits per heavy atom. The maximum atomic E-state index is 13.3. The summed E-state index contributed by atoms with van der Waals surface area (Å²) in [5, 5.41) is 25.9. The van der Waals surface area contributed by atoms with Crippen molar-refractivity contribution in [2.45, 2.75) is 49.9 Å². The first-order valence-electron chi connectivity index (χ1n) is 12.2. The quantitative estimate of drug-likeness (QED) is 0.0590. The van der Waals surface area contributed by atoms with Crippen LogP contribution in [0.5, 0.6) is 0 Å². The lowest BCUT2D eigenvalue weighted by molar-refractivity contribution is -0.143. The van der Waals surface area contributed by atoms with Crippen LogP contribution in [0.4, 0.5) is 0 Å². The van der Waals surface area contributed by atoms with E-state index in [4.69, 9.17) is 17.2 Å². The predicted molar refractivity (Wildman–Crippen MR) is 141 cm³/mol. The Kier molecular flexibility index (Phi) is 12.4. The van der Waals surface area contributed by atoms with Crippen LogP contribution >= 0.6 is 0 Å². The largest absolute Gasteiger partial charge is 0.480 e. The Bertz CT molecular complexity index is 1110. The molecule has 12 N–H and O–H groups in total. The van der Waals surface area contributed by atoms with Crippen molar-refractivity contribution in [3.8, 4) is 0 Å². The van der Waals surface area contributed by atoms with E-state index in [1.165, 1.54) is 12.5 Å². The van der Waals surface area contributed by atoms with E-state index in [1.807, 2.05) is 0 Å². The first kappa shape index (κ1) is 30.7. The maximum Gasteiger partial charge on any atom is 0.328 e. The van der Waals surface area contributed by atoms with Crippen LogP contribution in [-0.4, -0.2) is 87.2 Å². The number of carbonyl (C=O) groups is 4. The van der Waals surface area contributed by atoms with Crippen molar-refractivity contribution < 1.29 is 29.4 Å². The molecule has 212 valence electrons. The van der Waals surface area contributed by atoms with Gasteiger partial charge >= 0.3 is 5.97 Å². The van der Waals surface area contributed by atoms with E-state index in [0.717, 1.165) is 0 Å². The summed E-state index contributed by atoms with van der Waals surface area (Å²) >= 11 is 0. The van der Waals surface area contributed by atoms with Crippen molar-refractivity contribution in [1.82, 2.24) is 25.9 Å². The SMILES string of the molecule is NC(N)=NCCCC(NC(=O)C(N)Cc1cnc[nH]1)C(=O)NC(Cc1ccccc1)C(=O)NC(CO)C(=O)O. The van der Waals surface area contributed by atoms with Gasteiger partial charge in [0.1, 0.15) is 18.1 Å². The summed E-state index contributed by atoms with van der Waals surface area (Å²) in [4.78, 5) is 61.0. The van der Waals surface area contributed by atoms with Crippen LogP contribution in [0.1, 0.15) is 24.1 Å². The third-order valence-corrected chi connectivity index (χ3v) is 5.62. The van der Waals surface area contributed by atoms with Crippen LogP contribution in [-0.2, 0) is 32.0 Å². The molecule has 0 fully saturated rings. The third-order valence-electron chi connectivity index (χ3n) is 5.62. The van der Waals surface area contributed by atoms with Gasteiger partial charge in [0.25, 0.3) is 0 Å². The average Bonchev–Trinajstić information content (AvgIpc) is 3.41. The summed E-state index contributed by atoms with van der Waals surface area (Å²) < 4.78 is 0. The first-order valence-corrected chi connectivity index (χ1v) is 12.2. The highest BCUT2D eigenvalue weighted by Crippen LogP contribution is 2.07. The van der Waals surface area contributed by atoms with Gasteiger partial charge in [0.2, 0.25) is 17.7 Å². The van der Waals surface area contributed by atoms with Crippen molar-refractivity contribution in [1.29, 1.82) is 0 Å². The molecular formula is C24H35N9O6. The average molecular weight is 546 g/mol. The number of hydrogen-bond acceptors (Lipinski definition) is 8. The molecule has 4 atom stereocenters. The highest BCUT2D eigenvalue weighted by atomic mass is 16.4. The Labute approximate surface area is 224 Å². The molecule has 15 nitrogen and oxygen atoms in total. The molecule has 1 aromatic carbocycles. The monoisotopic (exact) mass is 545 g/mol. The minimum Gasteiger partial charge on any atom is -0.480 e. The lowest BCUT2D eigenvalue weighted by atomic mass is 10.0. The minimum atomic E-state index is -1.57. The molecule has 0 spiro atoms. The van der Waals surface area contributed by atoms with Gasteiger partial charge in [-0.25, -0.2) is 9.78 Å². The second-order valence-corrected chi connectivity index (χ2v) is 8.73. The third kappa shape index (κ3) is 10.8. The standard InChI is InChI=1S/C24H35N9O6/c25-16(10-15-11-28-13-30-15)20(35)31-17(7-4-8-29-24(26)27)21(36)32-18(9-14-5-2-1-3-6-14)22(37)33-19(12-34)23(38)39/h1-3,5-6,11,13,16-19,34H,4,7-10,12,25H2,(H,28,30)(H,31,35)(H,32,36)(H,33,37)(H,38,39)(H4,26,27,29). The fourth-order valence-electron chi connectivity index (χ4n) is 3.57. The number of H-pyrrole nitrogens is 1. The molecule has 3 amide bonds. The van der Waals surface area contributed by atoms with Crippen LogP contribution in [0.15, 0.2) is 47.8 Å². The van der Waals surface area contributed by atoms with Crippen molar-refractivity contribution in [2.24, 2.45) is 22.2 Å². The number of aliphatic hydroxyl groups excluding tert-OH is 1. The number of benzene rings is 1. The van der Waals surface area contributed by atoms with E-state index in [1.54, 1.807) is 30.3 Å². The maximum absolute atomic E-state index is 13.3. The summed E-state index contributed by atoms with van der Waals surface area (Å²) in [5.41, 5.74) is 18.0. The molecule has 0 saturated heterocycles. The zero-order valence-electron chi connectivity index (χ0n) is 21.2. The highest BCUT2D eigenvalue weighted by molar-refractivity contribution is 5.94. The van der Waals surface area contributed by atoms with Gasteiger partial charge in [-0.15, -0.1) is 0 Å². The minimum absolute atomic E-state index is 0.0180. The molecule has 0 aliphatic heterocycles. The van der Waals surface area contributed by atoms with Crippen LogP contribution in [0.25, 0.3) is 0 Å². The smallest absolute Gasteiger partial charge is 0.328 e. The number of aliphatic hydroxyl groups is 1. The number of aromatic amines is 1. The number of aliphatic carboxylic acids is 1. The summed E-state index contributed by atoms with van der Waals surface area (Å²) in [6, 6.07) is 3.83. The van der Waals surface area contributed by atoms with Crippen molar-refractivity contribution >= 4 is 29.7 Å². The summed E-state index contributed by atoms with van der Waals surface area (Å²) in [5.74, 6) is -3.70. The lowest BCUT2D eigenvalue weighted by Crippen LogP contribution is -2.58. The van der Waals surface area contributed by atoms with Crippen molar-refractivity contribution in [3.05, 3.63) is 54.1 Å². The Morgan fingerprint density at radius 2 is 1.59 bits per heavy atom. The molecule has 2 rings (SSSR count). The van der Waals surface area contributed by atoms with Gasteiger partial charge in [-0.2, -0.15) is 0 Å². The Hall–Kier alpha value is -4.50. The lowest BCUT2D eigenvalue weighted by Gasteiger charge is -2.25. The molecule has 0 bridgehead atoms. The van der Waals surface area contributed by atoms with Crippen molar-refractivity contribution in [3.63, 3.8) is 0 Å². The fraction of sp³-hybridized carbons (Fsp3) is 0.417. The van der Waals surface area contributed by atoms with E-state index < -0.39 is 54.5 Å². The van der Waals surface area contributed by atoms with E-state index in [2.05, 4.69) is 30.9 Å². The zero-order valence-corrected chi connectivity index (χ0v) is 21.2.